The van der Waals surface area contributed by atoms with Crippen molar-refractivity contribution in [1.82, 2.24) is 29.3 Å². The van der Waals surface area contributed by atoms with Gasteiger partial charge in [-0.25, -0.2) is 9.37 Å². The Hall–Kier alpha value is -3.29. The van der Waals surface area contributed by atoms with Gasteiger partial charge < -0.3 is 4.90 Å². The number of hydrogen-bond donors (Lipinski definition) is 0. The lowest BCUT2D eigenvalue weighted by Crippen LogP contribution is -2.31. The second-order valence-corrected chi connectivity index (χ2v) is 7.10. The van der Waals surface area contributed by atoms with Gasteiger partial charge in [0.2, 0.25) is 0 Å². The molecule has 0 atom stereocenters. The summed E-state index contributed by atoms with van der Waals surface area (Å²) in [6.07, 6.45) is 7.44. The summed E-state index contributed by atoms with van der Waals surface area (Å²) in [6.45, 7) is 1.61. The van der Waals surface area contributed by atoms with Crippen molar-refractivity contribution < 1.29 is 9.18 Å². The number of amides is 1. The van der Waals surface area contributed by atoms with E-state index in [2.05, 4.69) is 15.3 Å². The summed E-state index contributed by atoms with van der Waals surface area (Å²) in [5, 5.41) is 8.42. The maximum Gasteiger partial charge on any atom is 0.253 e. The van der Waals surface area contributed by atoms with Crippen molar-refractivity contribution in [2.45, 2.75) is 25.7 Å². The zero-order valence-electron chi connectivity index (χ0n) is 15.3. The summed E-state index contributed by atoms with van der Waals surface area (Å²) in [7, 11) is 0. The van der Waals surface area contributed by atoms with Crippen LogP contribution in [0.5, 0.6) is 0 Å². The van der Waals surface area contributed by atoms with Gasteiger partial charge in [0.25, 0.3) is 5.91 Å². The van der Waals surface area contributed by atoms with Crippen LogP contribution < -0.4 is 0 Å². The number of pyridine rings is 1. The van der Waals surface area contributed by atoms with Gasteiger partial charge in [0.1, 0.15) is 17.0 Å². The number of rotatable bonds is 2. The van der Waals surface area contributed by atoms with E-state index in [1.807, 2.05) is 11.0 Å². The molecule has 7 nitrogen and oxygen atoms in total. The Morgan fingerprint density at radius 3 is 2.68 bits per heavy atom. The molecule has 0 bridgehead atoms. The highest BCUT2D eigenvalue weighted by molar-refractivity contribution is 5.97. The predicted octanol–water partition coefficient (Wildman–Crippen LogP) is 3.22. The topological polar surface area (TPSA) is 68.3 Å². The van der Waals surface area contributed by atoms with Crippen LogP contribution in [-0.4, -0.2) is 48.3 Å². The lowest BCUT2D eigenvalue weighted by atomic mass is 10.1. The smallest absolute Gasteiger partial charge is 0.253 e. The van der Waals surface area contributed by atoms with Crippen molar-refractivity contribution >= 4 is 22.6 Å². The van der Waals surface area contributed by atoms with Gasteiger partial charge in [0.05, 0.1) is 11.7 Å². The molecule has 1 aromatic carbocycles. The number of benzene rings is 1. The summed E-state index contributed by atoms with van der Waals surface area (Å²) in [6, 6.07) is 8.39. The van der Waals surface area contributed by atoms with Gasteiger partial charge in [-0.3, -0.25) is 9.20 Å². The Morgan fingerprint density at radius 2 is 1.86 bits per heavy atom. The molecule has 3 aromatic heterocycles. The largest absolute Gasteiger partial charge is 0.339 e. The Kier molecular flexibility index (Phi) is 4.03. The summed E-state index contributed by atoms with van der Waals surface area (Å²) in [4.78, 5) is 19.1. The third-order valence-electron chi connectivity index (χ3n) is 5.25. The van der Waals surface area contributed by atoms with E-state index in [0.717, 1.165) is 31.4 Å². The summed E-state index contributed by atoms with van der Waals surface area (Å²) in [5.41, 5.74) is 2.59. The molecule has 1 aliphatic rings. The monoisotopic (exact) mass is 378 g/mol. The van der Waals surface area contributed by atoms with Crippen molar-refractivity contribution in [2.75, 3.05) is 13.1 Å². The molecule has 4 aromatic rings. The summed E-state index contributed by atoms with van der Waals surface area (Å²) in [5.74, 6) is 0.264. The SMILES string of the molecule is O=C(c1ccc2c(c1)nnn2-c1cnc2ccc(F)cn12)N1CCCCCC1. The van der Waals surface area contributed by atoms with Crippen molar-refractivity contribution in [3.05, 3.63) is 54.1 Å². The molecular formula is C20H19FN6O. The fourth-order valence-corrected chi connectivity index (χ4v) is 3.78. The number of halogens is 1. The highest BCUT2D eigenvalue weighted by Gasteiger charge is 2.19. The molecule has 0 unspecified atom stereocenters. The van der Waals surface area contributed by atoms with Gasteiger partial charge in [0.15, 0.2) is 5.82 Å². The molecule has 0 radical (unpaired) electrons. The minimum atomic E-state index is -0.360. The van der Waals surface area contributed by atoms with Crippen LogP contribution in [0.15, 0.2) is 42.7 Å². The van der Waals surface area contributed by atoms with E-state index in [1.54, 1.807) is 33.5 Å². The van der Waals surface area contributed by atoms with E-state index in [1.165, 1.54) is 25.1 Å². The fourth-order valence-electron chi connectivity index (χ4n) is 3.78. The van der Waals surface area contributed by atoms with Crippen LogP contribution in [0.3, 0.4) is 0 Å². The number of imidazole rings is 1. The normalized spacial score (nSPS) is 15.2. The number of hydrogen-bond acceptors (Lipinski definition) is 4. The van der Waals surface area contributed by atoms with E-state index in [9.17, 15) is 9.18 Å². The zero-order valence-corrected chi connectivity index (χ0v) is 15.3. The third kappa shape index (κ3) is 2.81. The summed E-state index contributed by atoms with van der Waals surface area (Å²) < 4.78 is 16.9. The van der Waals surface area contributed by atoms with E-state index in [0.29, 0.717) is 22.5 Å². The van der Waals surface area contributed by atoms with Crippen LogP contribution in [0, 0.1) is 5.82 Å². The van der Waals surface area contributed by atoms with Crippen LogP contribution in [0.1, 0.15) is 36.0 Å². The first kappa shape index (κ1) is 16.9. The quantitative estimate of drug-likeness (QED) is 0.537. The second kappa shape index (κ2) is 6.70. The number of likely N-dealkylation sites (tertiary alicyclic amines) is 1. The van der Waals surface area contributed by atoms with Crippen LogP contribution in [0.25, 0.3) is 22.5 Å². The second-order valence-electron chi connectivity index (χ2n) is 7.10. The number of carbonyl (C=O) groups is 1. The van der Waals surface area contributed by atoms with Gasteiger partial charge in [-0.15, -0.1) is 5.10 Å². The van der Waals surface area contributed by atoms with Crippen LogP contribution in [0.4, 0.5) is 4.39 Å². The highest BCUT2D eigenvalue weighted by Crippen LogP contribution is 2.21. The van der Waals surface area contributed by atoms with Gasteiger partial charge >= 0.3 is 0 Å². The lowest BCUT2D eigenvalue weighted by Gasteiger charge is -2.20. The van der Waals surface area contributed by atoms with E-state index in [-0.39, 0.29) is 11.7 Å². The third-order valence-corrected chi connectivity index (χ3v) is 5.25. The van der Waals surface area contributed by atoms with Gasteiger partial charge in [-0.1, -0.05) is 18.1 Å². The first-order chi connectivity index (χ1) is 13.7. The van der Waals surface area contributed by atoms with E-state index in [4.69, 9.17) is 0 Å². The molecule has 1 aliphatic heterocycles. The van der Waals surface area contributed by atoms with Gasteiger partial charge in [-0.2, -0.15) is 4.68 Å². The maximum atomic E-state index is 13.7. The molecule has 0 N–H and O–H groups in total. The van der Waals surface area contributed by atoms with Crippen LogP contribution in [0.2, 0.25) is 0 Å². The molecule has 0 aliphatic carbocycles. The lowest BCUT2D eigenvalue weighted by molar-refractivity contribution is 0.0762. The van der Waals surface area contributed by atoms with Crippen molar-refractivity contribution in [3.8, 4) is 5.82 Å². The van der Waals surface area contributed by atoms with Crippen LogP contribution >= 0.6 is 0 Å². The molecule has 1 amide bonds. The average molecular weight is 378 g/mol. The predicted molar refractivity (Wildman–Crippen MR) is 102 cm³/mol. The Morgan fingerprint density at radius 1 is 1.04 bits per heavy atom. The fraction of sp³-hybridized carbons (Fsp3) is 0.300. The highest BCUT2D eigenvalue weighted by atomic mass is 19.1. The zero-order chi connectivity index (χ0) is 19.1. The van der Waals surface area contributed by atoms with Crippen LogP contribution in [-0.2, 0) is 0 Å². The molecule has 4 heterocycles. The van der Waals surface area contributed by atoms with Gasteiger partial charge in [0, 0.05) is 24.8 Å². The minimum absolute atomic E-state index is 0.0372. The average Bonchev–Trinajstić information content (AvgIpc) is 3.20. The molecule has 5 rings (SSSR count). The number of fused-ring (bicyclic) bond motifs is 2. The maximum absolute atomic E-state index is 13.7. The van der Waals surface area contributed by atoms with Crippen molar-refractivity contribution in [3.63, 3.8) is 0 Å². The first-order valence-corrected chi connectivity index (χ1v) is 9.48. The molecule has 142 valence electrons. The Bertz CT molecular complexity index is 1170. The molecule has 0 saturated carbocycles. The minimum Gasteiger partial charge on any atom is -0.339 e. The Labute approximate surface area is 160 Å². The van der Waals surface area contributed by atoms with E-state index >= 15 is 0 Å². The Balaban J connectivity index is 1.53. The molecule has 1 saturated heterocycles. The molecule has 0 spiro atoms. The molecular weight excluding hydrogens is 359 g/mol. The summed E-state index contributed by atoms with van der Waals surface area (Å²) >= 11 is 0. The molecule has 28 heavy (non-hydrogen) atoms. The van der Waals surface area contributed by atoms with E-state index < -0.39 is 0 Å². The standard InChI is InChI=1S/C20H19FN6O/c21-15-6-8-18-22-12-19(26(18)13-15)27-17-7-5-14(11-16(17)23-24-27)20(28)25-9-3-1-2-4-10-25/h5-8,11-13H,1-4,9-10H2. The molecule has 1 fully saturated rings. The van der Waals surface area contributed by atoms with Crippen molar-refractivity contribution in [1.29, 1.82) is 0 Å². The number of nitrogens with zero attached hydrogens (tertiary/aromatic N) is 6. The number of carbonyl (C=O) groups excluding carboxylic acids is 1. The first-order valence-electron chi connectivity index (χ1n) is 9.48. The number of aromatic nitrogens is 5. The van der Waals surface area contributed by atoms with Gasteiger partial charge in [-0.05, 0) is 43.2 Å². The van der Waals surface area contributed by atoms with Crippen molar-refractivity contribution in [2.24, 2.45) is 0 Å². The molecule has 8 heteroatoms.